The van der Waals surface area contributed by atoms with E-state index in [1.165, 1.54) is 10.9 Å². The second-order valence-corrected chi connectivity index (χ2v) is 2.93. The summed E-state index contributed by atoms with van der Waals surface area (Å²) in [5.41, 5.74) is 6.23. The number of hydrogen-bond donors (Lipinski definition) is 2. The molecular weight excluding hydrogens is 180 g/mol. The average Bonchev–Trinajstić information content (AvgIpc) is 2.46. The van der Waals surface area contributed by atoms with Crippen molar-refractivity contribution in [1.29, 1.82) is 0 Å². The summed E-state index contributed by atoms with van der Waals surface area (Å²) in [7, 11) is 1.64. The Labute approximate surface area is 82.3 Å². The summed E-state index contributed by atoms with van der Waals surface area (Å²) in [5, 5.41) is 6.45. The molecule has 0 aliphatic heterocycles. The first kappa shape index (κ1) is 10.1. The second-order valence-electron chi connectivity index (χ2n) is 2.93. The minimum atomic E-state index is -0.322. The topological polar surface area (TPSA) is 72.9 Å². The van der Waals surface area contributed by atoms with Crippen molar-refractivity contribution in [2.75, 3.05) is 5.73 Å². The molecule has 5 heteroatoms. The normalized spacial score (nSPS) is 11.8. The van der Waals surface area contributed by atoms with Crippen LogP contribution in [0.2, 0.25) is 0 Å². The van der Waals surface area contributed by atoms with Gasteiger partial charge in [-0.2, -0.15) is 5.10 Å². The molecule has 0 fully saturated rings. The van der Waals surface area contributed by atoms with E-state index in [1.54, 1.807) is 14.0 Å². The molecule has 1 amide bonds. The number of aromatic nitrogens is 2. The molecule has 74 valence electrons. The third-order valence-electron chi connectivity index (χ3n) is 1.78. The summed E-state index contributed by atoms with van der Waals surface area (Å²) < 4.78 is 1.41. The van der Waals surface area contributed by atoms with Gasteiger partial charge in [-0.25, -0.2) is 0 Å². The van der Waals surface area contributed by atoms with E-state index < -0.39 is 0 Å². The fourth-order valence-corrected chi connectivity index (χ4v) is 1.04. The SMILES string of the molecule is C#CC(C)NC(=O)c1c(N)cnn1C. The van der Waals surface area contributed by atoms with E-state index in [9.17, 15) is 4.79 Å². The molecule has 1 aromatic heterocycles. The lowest BCUT2D eigenvalue weighted by atomic mass is 10.3. The molecule has 1 aromatic rings. The maximum absolute atomic E-state index is 11.6. The number of nitrogens with two attached hydrogens (primary N) is 1. The smallest absolute Gasteiger partial charge is 0.272 e. The van der Waals surface area contributed by atoms with Gasteiger partial charge < -0.3 is 11.1 Å². The highest BCUT2D eigenvalue weighted by molar-refractivity contribution is 5.97. The quantitative estimate of drug-likeness (QED) is 0.635. The second kappa shape index (κ2) is 3.83. The summed E-state index contributed by atoms with van der Waals surface area (Å²) in [5.74, 6) is 2.08. The van der Waals surface area contributed by atoms with Crippen molar-refractivity contribution in [1.82, 2.24) is 15.1 Å². The molecule has 5 nitrogen and oxygen atoms in total. The number of nitrogens with one attached hydrogen (secondary N) is 1. The molecule has 0 aliphatic rings. The van der Waals surface area contributed by atoms with Crippen molar-refractivity contribution in [3.63, 3.8) is 0 Å². The molecule has 0 radical (unpaired) electrons. The van der Waals surface area contributed by atoms with Gasteiger partial charge in [0.1, 0.15) is 5.69 Å². The average molecular weight is 192 g/mol. The van der Waals surface area contributed by atoms with E-state index in [4.69, 9.17) is 12.2 Å². The minimum absolute atomic E-state index is 0.312. The fraction of sp³-hybridized carbons (Fsp3) is 0.333. The lowest BCUT2D eigenvalue weighted by molar-refractivity contribution is 0.0939. The highest BCUT2D eigenvalue weighted by Gasteiger charge is 2.15. The standard InChI is InChI=1S/C9H12N4O/c1-4-6(2)12-9(14)8-7(10)5-11-13(8)3/h1,5-6H,10H2,2-3H3,(H,12,14). The lowest BCUT2D eigenvalue weighted by Crippen LogP contribution is -2.33. The molecule has 1 heterocycles. The number of anilines is 1. The van der Waals surface area contributed by atoms with Crippen molar-refractivity contribution in [3.8, 4) is 12.3 Å². The number of terminal acetylenes is 1. The number of nitrogens with zero attached hydrogens (tertiary/aromatic N) is 2. The molecule has 0 bridgehead atoms. The van der Waals surface area contributed by atoms with E-state index in [0.29, 0.717) is 11.4 Å². The van der Waals surface area contributed by atoms with Gasteiger partial charge in [0.15, 0.2) is 0 Å². The van der Waals surface area contributed by atoms with Gasteiger partial charge in [0, 0.05) is 7.05 Å². The largest absolute Gasteiger partial charge is 0.396 e. The third-order valence-corrected chi connectivity index (χ3v) is 1.78. The van der Waals surface area contributed by atoms with Crippen molar-refractivity contribution >= 4 is 11.6 Å². The van der Waals surface area contributed by atoms with Gasteiger partial charge in [0.2, 0.25) is 0 Å². The van der Waals surface area contributed by atoms with Gasteiger partial charge in [-0.15, -0.1) is 6.42 Å². The number of rotatable bonds is 2. The van der Waals surface area contributed by atoms with Gasteiger partial charge in [-0.3, -0.25) is 9.48 Å². The Hall–Kier alpha value is -1.96. The van der Waals surface area contributed by atoms with Crippen LogP contribution in [0.25, 0.3) is 0 Å². The van der Waals surface area contributed by atoms with E-state index in [-0.39, 0.29) is 11.9 Å². The fourth-order valence-electron chi connectivity index (χ4n) is 1.04. The van der Waals surface area contributed by atoms with Crippen LogP contribution in [0.15, 0.2) is 6.20 Å². The van der Waals surface area contributed by atoms with Crippen LogP contribution < -0.4 is 11.1 Å². The molecule has 14 heavy (non-hydrogen) atoms. The Morgan fingerprint density at radius 3 is 2.93 bits per heavy atom. The van der Waals surface area contributed by atoms with Crippen molar-refractivity contribution in [2.24, 2.45) is 7.05 Å². The highest BCUT2D eigenvalue weighted by Crippen LogP contribution is 2.08. The zero-order valence-corrected chi connectivity index (χ0v) is 8.11. The molecule has 1 unspecified atom stereocenters. The van der Waals surface area contributed by atoms with Gasteiger partial charge in [0.25, 0.3) is 5.91 Å². The van der Waals surface area contributed by atoms with Crippen molar-refractivity contribution in [2.45, 2.75) is 13.0 Å². The monoisotopic (exact) mass is 192 g/mol. The van der Waals surface area contributed by atoms with Gasteiger partial charge in [-0.05, 0) is 6.92 Å². The van der Waals surface area contributed by atoms with E-state index in [0.717, 1.165) is 0 Å². The van der Waals surface area contributed by atoms with Crippen LogP contribution in [0.4, 0.5) is 5.69 Å². The van der Waals surface area contributed by atoms with Crippen molar-refractivity contribution in [3.05, 3.63) is 11.9 Å². The molecule has 0 saturated heterocycles. The van der Waals surface area contributed by atoms with Crippen molar-refractivity contribution < 1.29 is 4.79 Å². The molecular formula is C9H12N4O. The molecule has 0 saturated carbocycles. The summed E-state index contributed by atoms with van der Waals surface area (Å²) in [6.07, 6.45) is 6.56. The van der Waals surface area contributed by atoms with Crippen LogP contribution in [0.3, 0.4) is 0 Å². The Morgan fingerprint density at radius 1 is 1.86 bits per heavy atom. The maximum atomic E-state index is 11.6. The molecule has 1 atom stereocenters. The number of aryl methyl sites for hydroxylation is 1. The Balaban J connectivity index is 2.86. The molecule has 0 spiro atoms. The summed E-state index contributed by atoms with van der Waals surface area (Å²) in [6.45, 7) is 1.71. The number of amides is 1. The van der Waals surface area contributed by atoms with E-state index >= 15 is 0 Å². The molecule has 3 N–H and O–H groups in total. The van der Waals surface area contributed by atoms with Gasteiger partial charge in [0.05, 0.1) is 17.9 Å². The third kappa shape index (κ3) is 1.85. The van der Waals surface area contributed by atoms with Crippen LogP contribution in [-0.4, -0.2) is 21.7 Å². The zero-order chi connectivity index (χ0) is 10.7. The van der Waals surface area contributed by atoms with Crippen LogP contribution in [-0.2, 0) is 7.05 Å². The van der Waals surface area contributed by atoms with E-state index in [1.807, 2.05) is 0 Å². The van der Waals surface area contributed by atoms with E-state index in [2.05, 4.69) is 16.3 Å². The summed E-state index contributed by atoms with van der Waals surface area (Å²) >= 11 is 0. The number of carbonyl (C=O) groups is 1. The first-order valence-electron chi connectivity index (χ1n) is 4.10. The summed E-state index contributed by atoms with van der Waals surface area (Å²) in [6, 6.07) is -0.322. The highest BCUT2D eigenvalue weighted by atomic mass is 16.2. The predicted molar refractivity (Wildman–Crippen MR) is 53.4 cm³/mol. The van der Waals surface area contributed by atoms with Crippen LogP contribution in [0.5, 0.6) is 0 Å². The first-order valence-corrected chi connectivity index (χ1v) is 4.10. The predicted octanol–water partition coefficient (Wildman–Crippen LogP) is -0.246. The zero-order valence-electron chi connectivity index (χ0n) is 8.11. The van der Waals surface area contributed by atoms with Gasteiger partial charge >= 0.3 is 0 Å². The first-order chi connectivity index (χ1) is 6.56. The summed E-state index contributed by atoms with van der Waals surface area (Å²) in [4.78, 5) is 11.6. The molecule has 0 aromatic carbocycles. The Kier molecular flexibility index (Phi) is 2.77. The Morgan fingerprint density at radius 2 is 2.50 bits per heavy atom. The number of hydrogen-bond acceptors (Lipinski definition) is 3. The number of nitrogen functional groups attached to an aromatic ring is 1. The van der Waals surface area contributed by atoms with Crippen LogP contribution in [0, 0.1) is 12.3 Å². The molecule has 1 rings (SSSR count). The molecule has 0 aliphatic carbocycles. The minimum Gasteiger partial charge on any atom is -0.396 e. The number of carbonyl (C=O) groups excluding carboxylic acids is 1. The van der Waals surface area contributed by atoms with Gasteiger partial charge in [-0.1, -0.05) is 5.92 Å². The maximum Gasteiger partial charge on any atom is 0.272 e. The van der Waals surface area contributed by atoms with Crippen LogP contribution >= 0.6 is 0 Å². The lowest BCUT2D eigenvalue weighted by Gasteiger charge is -2.08. The Bertz CT molecular complexity index is 369. The van der Waals surface area contributed by atoms with Crippen LogP contribution in [0.1, 0.15) is 17.4 Å².